The van der Waals surface area contributed by atoms with Gasteiger partial charge < -0.3 is 14.6 Å². The van der Waals surface area contributed by atoms with Crippen LogP contribution in [-0.4, -0.2) is 36.5 Å². The Kier molecular flexibility index (Phi) is 5.92. The Bertz CT molecular complexity index is 234. The lowest BCUT2D eigenvalue weighted by Gasteiger charge is -2.30. The van der Waals surface area contributed by atoms with Gasteiger partial charge in [-0.05, 0) is 19.8 Å². The highest BCUT2D eigenvalue weighted by Crippen LogP contribution is 2.26. The van der Waals surface area contributed by atoms with Crippen LogP contribution in [0.25, 0.3) is 0 Å². The molecule has 4 nitrogen and oxygen atoms in total. The summed E-state index contributed by atoms with van der Waals surface area (Å²) < 4.78 is 10.8. The third-order valence-electron chi connectivity index (χ3n) is 3.46. The first-order valence-electron chi connectivity index (χ1n) is 6.48. The molecule has 100 valence electrons. The monoisotopic (exact) mass is 244 g/mol. The summed E-state index contributed by atoms with van der Waals surface area (Å²) in [5.41, 5.74) is -1.11. The summed E-state index contributed by atoms with van der Waals surface area (Å²) in [6.07, 6.45) is 7.22. The Labute approximate surface area is 103 Å². The maximum absolute atomic E-state index is 11.3. The Balaban J connectivity index is 2.54. The molecule has 0 radical (unpaired) electrons. The van der Waals surface area contributed by atoms with Crippen molar-refractivity contribution in [2.24, 2.45) is 0 Å². The maximum Gasteiger partial charge on any atom is 0.335 e. The smallest absolute Gasteiger partial charge is 0.335 e. The van der Waals surface area contributed by atoms with Gasteiger partial charge in [-0.1, -0.05) is 25.7 Å². The number of hydrogen-bond acceptors (Lipinski definition) is 3. The van der Waals surface area contributed by atoms with E-state index < -0.39 is 11.6 Å². The number of methoxy groups -OCH3 is 1. The zero-order valence-electron chi connectivity index (χ0n) is 10.9. The van der Waals surface area contributed by atoms with Crippen molar-refractivity contribution in [3.05, 3.63) is 0 Å². The quantitative estimate of drug-likeness (QED) is 0.730. The van der Waals surface area contributed by atoms with Crippen LogP contribution in [0.5, 0.6) is 0 Å². The number of carbonyl (C=O) groups is 1. The number of carboxylic acid groups (broad SMARTS) is 1. The van der Waals surface area contributed by atoms with Crippen molar-refractivity contribution >= 4 is 5.97 Å². The molecule has 1 aliphatic carbocycles. The first kappa shape index (κ1) is 14.5. The minimum Gasteiger partial charge on any atom is -0.479 e. The number of ether oxygens (including phenoxy) is 2. The standard InChI is InChI=1S/C13H24O4/c1-13(12(14)15,9-10-16-2)17-11-7-5-3-4-6-8-11/h11H,3-10H2,1-2H3,(H,14,15). The van der Waals surface area contributed by atoms with Gasteiger partial charge in [-0.2, -0.15) is 0 Å². The number of carboxylic acids is 1. The van der Waals surface area contributed by atoms with Crippen LogP contribution in [0.2, 0.25) is 0 Å². The molecule has 1 saturated carbocycles. The van der Waals surface area contributed by atoms with Crippen molar-refractivity contribution < 1.29 is 19.4 Å². The molecular formula is C13H24O4. The summed E-state index contributed by atoms with van der Waals surface area (Å²) in [6.45, 7) is 2.06. The maximum atomic E-state index is 11.3. The van der Waals surface area contributed by atoms with E-state index in [1.165, 1.54) is 12.8 Å². The summed E-state index contributed by atoms with van der Waals surface area (Å²) in [6, 6.07) is 0. The second-order valence-corrected chi connectivity index (χ2v) is 5.01. The lowest BCUT2D eigenvalue weighted by molar-refractivity contribution is -0.174. The van der Waals surface area contributed by atoms with Crippen LogP contribution in [0, 0.1) is 0 Å². The SMILES string of the molecule is COCCC(C)(OC1CCCCCC1)C(=O)O. The molecule has 0 aromatic heterocycles. The van der Waals surface area contributed by atoms with Crippen molar-refractivity contribution in [2.45, 2.75) is 63.6 Å². The van der Waals surface area contributed by atoms with E-state index in [0.29, 0.717) is 13.0 Å². The molecule has 0 amide bonds. The Morgan fingerprint density at radius 2 is 1.88 bits per heavy atom. The third kappa shape index (κ3) is 4.64. The average Bonchev–Trinajstić information content (AvgIpc) is 2.54. The van der Waals surface area contributed by atoms with Gasteiger partial charge in [0.1, 0.15) is 0 Å². The van der Waals surface area contributed by atoms with Gasteiger partial charge in [-0.25, -0.2) is 4.79 Å². The van der Waals surface area contributed by atoms with E-state index in [4.69, 9.17) is 9.47 Å². The molecule has 1 fully saturated rings. The van der Waals surface area contributed by atoms with Crippen molar-refractivity contribution in [1.29, 1.82) is 0 Å². The van der Waals surface area contributed by atoms with E-state index in [1.807, 2.05) is 0 Å². The van der Waals surface area contributed by atoms with Crippen molar-refractivity contribution in [3.8, 4) is 0 Å². The zero-order valence-corrected chi connectivity index (χ0v) is 10.9. The van der Waals surface area contributed by atoms with Gasteiger partial charge in [0.2, 0.25) is 0 Å². The fourth-order valence-corrected chi connectivity index (χ4v) is 2.24. The molecule has 0 aromatic carbocycles. The Morgan fingerprint density at radius 1 is 1.29 bits per heavy atom. The second-order valence-electron chi connectivity index (χ2n) is 5.01. The molecule has 1 atom stereocenters. The molecule has 1 N–H and O–H groups in total. The van der Waals surface area contributed by atoms with E-state index in [1.54, 1.807) is 14.0 Å². The number of hydrogen-bond donors (Lipinski definition) is 1. The van der Waals surface area contributed by atoms with Crippen LogP contribution in [0.3, 0.4) is 0 Å². The fourth-order valence-electron chi connectivity index (χ4n) is 2.24. The summed E-state index contributed by atoms with van der Waals surface area (Å²) in [5.74, 6) is -0.890. The van der Waals surface area contributed by atoms with Crippen LogP contribution in [0.4, 0.5) is 0 Å². The molecule has 1 rings (SSSR count). The summed E-state index contributed by atoms with van der Waals surface area (Å²) in [7, 11) is 1.58. The first-order valence-corrected chi connectivity index (χ1v) is 6.48. The molecular weight excluding hydrogens is 220 g/mol. The summed E-state index contributed by atoms with van der Waals surface area (Å²) in [5, 5.41) is 9.28. The lowest BCUT2D eigenvalue weighted by Crippen LogP contribution is -2.42. The van der Waals surface area contributed by atoms with Crippen molar-refractivity contribution in [2.75, 3.05) is 13.7 Å². The van der Waals surface area contributed by atoms with Gasteiger partial charge in [0.15, 0.2) is 5.60 Å². The lowest BCUT2D eigenvalue weighted by atomic mass is 10.0. The largest absolute Gasteiger partial charge is 0.479 e. The van der Waals surface area contributed by atoms with Crippen LogP contribution in [0.15, 0.2) is 0 Å². The van der Waals surface area contributed by atoms with Crippen LogP contribution >= 0.6 is 0 Å². The molecule has 0 saturated heterocycles. The predicted molar refractivity (Wildman–Crippen MR) is 65.1 cm³/mol. The van der Waals surface area contributed by atoms with Gasteiger partial charge >= 0.3 is 5.97 Å². The third-order valence-corrected chi connectivity index (χ3v) is 3.46. The zero-order chi connectivity index (χ0) is 12.7. The average molecular weight is 244 g/mol. The summed E-state index contributed by atoms with van der Waals surface area (Å²) >= 11 is 0. The molecule has 0 aliphatic heterocycles. The molecule has 0 aromatic rings. The first-order chi connectivity index (χ1) is 8.08. The topological polar surface area (TPSA) is 55.8 Å². The van der Waals surface area contributed by atoms with Gasteiger partial charge in [0, 0.05) is 20.1 Å². The van der Waals surface area contributed by atoms with E-state index >= 15 is 0 Å². The van der Waals surface area contributed by atoms with Crippen LogP contribution < -0.4 is 0 Å². The van der Waals surface area contributed by atoms with E-state index in [0.717, 1.165) is 25.7 Å². The highest BCUT2D eigenvalue weighted by atomic mass is 16.5. The van der Waals surface area contributed by atoms with Gasteiger partial charge in [0.05, 0.1) is 6.10 Å². The number of rotatable bonds is 6. The van der Waals surface area contributed by atoms with Gasteiger partial charge in [0.25, 0.3) is 0 Å². The highest BCUT2D eigenvalue weighted by molar-refractivity contribution is 5.76. The number of aliphatic carboxylic acids is 1. The molecule has 1 aliphatic rings. The fraction of sp³-hybridized carbons (Fsp3) is 0.923. The van der Waals surface area contributed by atoms with E-state index in [9.17, 15) is 9.90 Å². The molecule has 0 bridgehead atoms. The molecule has 0 spiro atoms. The van der Waals surface area contributed by atoms with Crippen molar-refractivity contribution in [3.63, 3.8) is 0 Å². The highest BCUT2D eigenvalue weighted by Gasteiger charge is 2.36. The molecule has 1 unspecified atom stereocenters. The van der Waals surface area contributed by atoms with Crippen LogP contribution in [-0.2, 0) is 14.3 Å². The molecule has 4 heteroatoms. The Morgan fingerprint density at radius 3 is 2.35 bits per heavy atom. The summed E-state index contributed by atoms with van der Waals surface area (Å²) in [4.78, 5) is 11.3. The minimum absolute atomic E-state index is 0.0930. The molecule has 17 heavy (non-hydrogen) atoms. The minimum atomic E-state index is -1.11. The normalized spacial score (nSPS) is 21.8. The molecule has 0 heterocycles. The second kappa shape index (κ2) is 6.97. The Hall–Kier alpha value is -0.610. The van der Waals surface area contributed by atoms with E-state index in [-0.39, 0.29) is 6.10 Å². The van der Waals surface area contributed by atoms with Gasteiger partial charge in [-0.15, -0.1) is 0 Å². The predicted octanol–water partition coefficient (Wildman–Crippen LogP) is 2.61. The van der Waals surface area contributed by atoms with Crippen molar-refractivity contribution in [1.82, 2.24) is 0 Å². The van der Waals surface area contributed by atoms with E-state index in [2.05, 4.69) is 0 Å². The van der Waals surface area contributed by atoms with Gasteiger partial charge in [-0.3, -0.25) is 0 Å². The van der Waals surface area contributed by atoms with Crippen LogP contribution in [0.1, 0.15) is 51.9 Å².